The smallest absolute Gasteiger partial charge is 0.0852 e. The largest absolute Gasteiger partial charge is 0.252 e. The third kappa shape index (κ3) is 21.7. The van der Waals surface area contributed by atoms with E-state index in [9.17, 15) is 0 Å². The van der Waals surface area contributed by atoms with Crippen molar-refractivity contribution in [3.63, 3.8) is 0 Å². The van der Waals surface area contributed by atoms with Crippen molar-refractivity contribution < 1.29 is 0 Å². The van der Waals surface area contributed by atoms with Crippen molar-refractivity contribution in [3.05, 3.63) is 35.7 Å². The molecule has 0 saturated carbocycles. The molecule has 0 spiro atoms. The zero-order valence-electron chi connectivity index (χ0n) is 27.0. The van der Waals surface area contributed by atoms with Crippen LogP contribution in [0.5, 0.6) is 0 Å². The third-order valence-corrected chi connectivity index (χ3v) is 5.90. The number of rotatable bonds is 12. The zero-order chi connectivity index (χ0) is 29.5. The Morgan fingerprint density at radius 3 is 1.56 bits per heavy atom. The van der Waals surface area contributed by atoms with E-state index >= 15 is 0 Å². The minimum atomic E-state index is 0. The first-order valence-corrected chi connectivity index (χ1v) is 15.0. The van der Waals surface area contributed by atoms with Gasteiger partial charge in [-0.2, -0.15) is 0 Å². The second-order valence-corrected chi connectivity index (χ2v) is 12.9. The molecule has 43 heavy (non-hydrogen) atoms. The summed E-state index contributed by atoms with van der Waals surface area (Å²) in [6.07, 6.45) is 10.6. The van der Waals surface area contributed by atoms with Crippen molar-refractivity contribution in [3.8, 4) is 0 Å². The molecule has 0 aliphatic heterocycles. The number of hydrogen-bond donors (Lipinski definition) is 0. The van der Waals surface area contributed by atoms with Crippen molar-refractivity contribution in [2.75, 3.05) is 0 Å². The lowest BCUT2D eigenvalue weighted by Crippen LogP contribution is -2.04. The molecule has 254 valence electrons. The van der Waals surface area contributed by atoms with Gasteiger partial charge in [-0.25, -0.2) is 4.68 Å². The van der Waals surface area contributed by atoms with E-state index < -0.39 is 0 Å². The van der Waals surface area contributed by atoms with Gasteiger partial charge < -0.3 is 0 Å². The van der Waals surface area contributed by atoms with Gasteiger partial charge in [-0.1, -0.05) is 115 Å². The van der Waals surface area contributed by atoms with E-state index in [4.69, 9.17) is 0 Å². The van der Waals surface area contributed by atoms with Crippen molar-refractivity contribution in [1.29, 1.82) is 0 Å². The standard InChI is InChI=1S/3C10H19N3.4CH4/c1-8(2)5-10-7-13(12-11-10)6-9(3)4;1-8(2)5-6-13-7-10(9(3)4)11-12-13;1-8(2)5-6-10-7-13(9(3)4)12-11-10;;;;/h3*7-9H,5-6H2,1-4H3;4*1H4. The number of aryl methyl sites for hydroxylation is 2. The summed E-state index contributed by atoms with van der Waals surface area (Å²) in [5, 5.41) is 24.6. The van der Waals surface area contributed by atoms with E-state index in [0.717, 1.165) is 54.8 Å². The molecule has 3 aromatic rings. The van der Waals surface area contributed by atoms with Gasteiger partial charge in [0, 0.05) is 37.7 Å². The molecule has 9 heteroatoms. The average Bonchev–Trinajstić information content (AvgIpc) is 3.58. The zero-order valence-corrected chi connectivity index (χ0v) is 27.0. The summed E-state index contributed by atoms with van der Waals surface area (Å²) in [5.41, 5.74) is 3.31. The van der Waals surface area contributed by atoms with Crippen molar-refractivity contribution >= 4 is 0 Å². The SMILES string of the molecule is C.C.C.C.CC(C)CCc1cn(C(C)C)nn1.CC(C)CCn1cc(C(C)C)nn1.CC(C)Cc1cn(CC(C)C)nn1. The molecule has 0 saturated heterocycles. The highest BCUT2D eigenvalue weighted by molar-refractivity contribution is 4.98. The van der Waals surface area contributed by atoms with Crippen molar-refractivity contribution in [1.82, 2.24) is 45.0 Å². The van der Waals surface area contributed by atoms with Crippen LogP contribution < -0.4 is 0 Å². The highest BCUT2D eigenvalue weighted by atomic mass is 15.4. The maximum Gasteiger partial charge on any atom is 0.0852 e. The minimum Gasteiger partial charge on any atom is -0.252 e. The number of nitrogens with zero attached hydrogens (tertiary/aromatic N) is 9. The van der Waals surface area contributed by atoms with Crippen LogP contribution in [0.25, 0.3) is 0 Å². The Balaban J connectivity index is -0.000000253. The van der Waals surface area contributed by atoms with Crippen LogP contribution in [-0.4, -0.2) is 45.0 Å². The molecular formula is C34H73N9. The molecule has 9 nitrogen and oxygen atoms in total. The monoisotopic (exact) mass is 608 g/mol. The summed E-state index contributed by atoms with van der Waals surface area (Å²) < 4.78 is 5.79. The number of aromatic nitrogens is 9. The highest BCUT2D eigenvalue weighted by Crippen LogP contribution is 2.11. The molecule has 0 bridgehead atoms. The van der Waals surface area contributed by atoms with E-state index in [2.05, 4.69) is 120 Å². The van der Waals surface area contributed by atoms with Crippen LogP contribution in [0.1, 0.15) is 155 Å². The van der Waals surface area contributed by atoms with Gasteiger partial charge in [-0.15, -0.1) is 15.3 Å². The molecular weight excluding hydrogens is 534 g/mol. The Labute approximate surface area is 267 Å². The van der Waals surface area contributed by atoms with Crippen LogP contribution in [0.15, 0.2) is 18.6 Å². The predicted molar refractivity (Wildman–Crippen MR) is 187 cm³/mol. The first-order chi connectivity index (χ1) is 18.3. The summed E-state index contributed by atoms with van der Waals surface area (Å²) in [4.78, 5) is 0. The van der Waals surface area contributed by atoms with Crippen molar-refractivity contribution in [2.24, 2.45) is 23.7 Å². The van der Waals surface area contributed by atoms with Crippen LogP contribution in [0, 0.1) is 23.7 Å². The van der Waals surface area contributed by atoms with Crippen LogP contribution in [-0.2, 0) is 25.9 Å². The fourth-order valence-electron chi connectivity index (χ4n) is 3.51. The van der Waals surface area contributed by atoms with Gasteiger partial charge in [-0.3, -0.25) is 9.36 Å². The molecule has 0 radical (unpaired) electrons. The second kappa shape index (κ2) is 24.8. The highest BCUT2D eigenvalue weighted by Gasteiger charge is 2.06. The quantitative estimate of drug-likeness (QED) is 0.203. The molecule has 3 aromatic heterocycles. The fraction of sp³-hybridized carbons (Fsp3) is 0.824. The third-order valence-electron chi connectivity index (χ3n) is 5.90. The molecule has 0 amide bonds. The lowest BCUT2D eigenvalue weighted by molar-refractivity contribution is 0.472. The molecule has 0 atom stereocenters. The van der Waals surface area contributed by atoms with Gasteiger partial charge in [0.15, 0.2) is 0 Å². The summed E-state index contributed by atoms with van der Waals surface area (Å²) in [6, 6.07) is 0.417. The molecule has 0 aliphatic rings. The second-order valence-electron chi connectivity index (χ2n) is 12.9. The lowest BCUT2D eigenvalue weighted by Gasteiger charge is -2.02. The predicted octanol–water partition coefficient (Wildman–Crippen LogP) is 9.57. The first-order valence-electron chi connectivity index (χ1n) is 15.0. The maximum absolute atomic E-state index is 4.12. The molecule has 0 unspecified atom stereocenters. The molecule has 3 rings (SSSR count). The van der Waals surface area contributed by atoms with E-state index in [1.165, 1.54) is 12.8 Å². The minimum absolute atomic E-state index is 0. The molecule has 0 N–H and O–H groups in total. The Bertz CT molecular complexity index is 932. The molecule has 0 aliphatic carbocycles. The van der Waals surface area contributed by atoms with Gasteiger partial charge in [0.1, 0.15) is 0 Å². The van der Waals surface area contributed by atoms with E-state index in [0.29, 0.717) is 23.8 Å². The van der Waals surface area contributed by atoms with Crippen LogP contribution in [0.4, 0.5) is 0 Å². The summed E-state index contributed by atoms with van der Waals surface area (Å²) in [7, 11) is 0. The van der Waals surface area contributed by atoms with Crippen LogP contribution >= 0.6 is 0 Å². The molecule has 3 heterocycles. The fourth-order valence-corrected chi connectivity index (χ4v) is 3.51. The first kappa shape index (κ1) is 47.4. The topological polar surface area (TPSA) is 92.1 Å². The maximum atomic E-state index is 4.12. The van der Waals surface area contributed by atoms with Gasteiger partial charge in [-0.05, 0) is 69.1 Å². The van der Waals surface area contributed by atoms with Crippen LogP contribution in [0.2, 0.25) is 0 Å². The average molecular weight is 608 g/mol. The number of hydrogen-bond acceptors (Lipinski definition) is 6. The normalized spacial score (nSPS) is 10.5. The summed E-state index contributed by atoms with van der Waals surface area (Å²) >= 11 is 0. The summed E-state index contributed by atoms with van der Waals surface area (Å²) in [6.45, 7) is 28.1. The van der Waals surface area contributed by atoms with Gasteiger partial charge in [0.25, 0.3) is 0 Å². The van der Waals surface area contributed by atoms with Gasteiger partial charge >= 0.3 is 0 Å². The Hall–Kier alpha value is -2.58. The van der Waals surface area contributed by atoms with Crippen molar-refractivity contribution in [2.45, 2.75) is 164 Å². The van der Waals surface area contributed by atoms with E-state index in [1.54, 1.807) is 0 Å². The van der Waals surface area contributed by atoms with E-state index in [1.807, 2.05) is 26.4 Å². The Kier molecular flexibility index (Phi) is 27.3. The van der Waals surface area contributed by atoms with Gasteiger partial charge in [0.05, 0.1) is 17.1 Å². The molecule has 0 fully saturated rings. The summed E-state index contributed by atoms with van der Waals surface area (Å²) in [5.74, 6) is 3.24. The van der Waals surface area contributed by atoms with Crippen LogP contribution in [0.3, 0.4) is 0 Å². The lowest BCUT2D eigenvalue weighted by atomic mass is 10.1. The van der Waals surface area contributed by atoms with E-state index in [-0.39, 0.29) is 29.7 Å². The van der Waals surface area contributed by atoms with Gasteiger partial charge in [0.2, 0.25) is 0 Å². The molecule has 0 aromatic carbocycles. The Morgan fingerprint density at radius 1 is 0.558 bits per heavy atom. The Morgan fingerprint density at radius 2 is 1.12 bits per heavy atom.